The molecular weight excluding hydrogens is 316 g/mol. The topological polar surface area (TPSA) is 64.6 Å². The van der Waals surface area contributed by atoms with Gasteiger partial charge in [-0.3, -0.25) is 0 Å². The second-order valence-corrected chi connectivity index (χ2v) is 7.70. The predicted octanol–water partition coefficient (Wildman–Crippen LogP) is 1.82. The summed E-state index contributed by atoms with van der Waals surface area (Å²) >= 11 is 0. The highest BCUT2D eigenvalue weighted by molar-refractivity contribution is 5.00. The van der Waals surface area contributed by atoms with Crippen molar-refractivity contribution < 1.29 is 33.2 Å². The van der Waals surface area contributed by atoms with Crippen molar-refractivity contribution in [1.29, 1.82) is 0 Å². The molecule has 0 saturated carbocycles. The Labute approximate surface area is 143 Å². The van der Waals surface area contributed by atoms with E-state index in [1.54, 1.807) is 0 Å². The van der Waals surface area contributed by atoms with Gasteiger partial charge in [-0.25, -0.2) is 0 Å². The first kappa shape index (κ1) is 18.5. The van der Waals surface area contributed by atoms with Gasteiger partial charge in [-0.05, 0) is 41.5 Å². The smallest absolute Gasteiger partial charge is 0.190 e. The van der Waals surface area contributed by atoms with Gasteiger partial charge in [0.25, 0.3) is 0 Å². The molecule has 7 nitrogen and oxygen atoms in total. The minimum absolute atomic E-state index is 0.198. The molecule has 0 aliphatic carbocycles. The molecule has 3 rings (SSSR count). The zero-order valence-corrected chi connectivity index (χ0v) is 15.4. The fourth-order valence-corrected chi connectivity index (χ4v) is 3.37. The summed E-state index contributed by atoms with van der Waals surface area (Å²) in [5.41, 5.74) is 0. The van der Waals surface area contributed by atoms with E-state index in [-0.39, 0.29) is 30.5 Å². The highest BCUT2D eigenvalue weighted by Gasteiger charge is 2.60. The van der Waals surface area contributed by atoms with Crippen LogP contribution in [0.4, 0.5) is 0 Å². The average Bonchev–Trinajstić information content (AvgIpc) is 2.92. The molecule has 0 aromatic rings. The molecule has 0 spiro atoms. The maximum Gasteiger partial charge on any atom is 0.190 e. The third-order valence-electron chi connectivity index (χ3n) is 4.21. The van der Waals surface area contributed by atoms with Gasteiger partial charge < -0.3 is 33.2 Å². The third kappa shape index (κ3) is 4.09. The normalized spacial score (nSPS) is 39.9. The average molecular weight is 346 g/mol. The van der Waals surface area contributed by atoms with Crippen LogP contribution < -0.4 is 0 Å². The molecule has 3 aliphatic rings. The van der Waals surface area contributed by atoms with E-state index in [1.807, 2.05) is 41.5 Å². The van der Waals surface area contributed by atoms with Crippen LogP contribution in [0.3, 0.4) is 0 Å². The molecule has 3 fully saturated rings. The van der Waals surface area contributed by atoms with E-state index in [4.69, 9.17) is 33.2 Å². The fraction of sp³-hybridized carbons (Fsp3) is 1.00. The van der Waals surface area contributed by atoms with Crippen molar-refractivity contribution >= 4 is 0 Å². The Morgan fingerprint density at radius 3 is 2.17 bits per heavy atom. The Kier molecular flexibility index (Phi) is 5.24. The lowest BCUT2D eigenvalue weighted by atomic mass is 9.99. The number of fused-ring (bicyclic) bond motifs is 3. The van der Waals surface area contributed by atoms with Gasteiger partial charge in [-0.2, -0.15) is 0 Å². The van der Waals surface area contributed by atoms with E-state index in [0.29, 0.717) is 19.8 Å². The maximum absolute atomic E-state index is 6.06. The first-order valence-corrected chi connectivity index (χ1v) is 8.73. The first-order valence-electron chi connectivity index (χ1n) is 8.73. The summed E-state index contributed by atoms with van der Waals surface area (Å²) in [7, 11) is 0. The number of hydrogen-bond donors (Lipinski definition) is 0. The second-order valence-electron chi connectivity index (χ2n) is 7.70. The molecule has 3 saturated heterocycles. The quantitative estimate of drug-likeness (QED) is 0.680. The van der Waals surface area contributed by atoms with Gasteiger partial charge in [0, 0.05) is 0 Å². The molecule has 0 unspecified atom stereocenters. The highest BCUT2D eigenvalue weighted by Crippen LogP contribution is 2.44. The molecule has 0 N–H and O–H groups in total. The van der Waals surface area contributed by atoms with Crippen LogP contribution in [0.5, 0.6) is 0 Å². The van der Waals surface area contributed by atoms with Crippen LogP contribution >= 0.6 is 0 Å². The summed E-state index contributed by atoms with van der Waals surface area (Å²) in [5, 5.41) is 0. The SMILES string of the molecule is CC(C)OCCOC[C@H]1O[C@@H]2OC(C)(C)O[C@@H]2[C@H]2OC(C)(C)O[C@H]21. The third-order valence-corrected chi connectivity index (χ3v) is 4.21. The van der Waals surface area contributed by atoms with E-state index in [9.17, 15) is 0 Å². The Morgan fingerprint density at radius 1 is 0.833 bits per heavy atom. The van der Waals surface area contributed by atoms with Crippen LogP contribution in [0, 0.1) is 0 Å². The number of hydrogen-bond acceptors (Lipinski definition) is 7. The molecule has 0 radical (unpaired) electrons. The summed E-state index contributed by atoms with van der Waals surface area (Å²) < 4.78 is 41.2. The van der Waals surface area contributed by atoms with Crippen LogP contribution in [0.15, 0.2) is 0 Å². The predicted molar refractivity (Wildman–Crippen MR) is 84.4 cm³/mol. The standard InChI is InChI=1S/C17H30O7/c1-10(2)19-8-7-18-9-11-12-13(22-16(3,4)21-12)14-15(20-11)24-17(5,6)23-14/h10-15H,7-9H2,1-6H3/t11-,12+,13+,14-,15-/m1/s1. The monoisotopic (exact) mass is 346 g/mol. The minimum atomic E-state index is -0.698. The van der Waals surface area contributed by atoms with Gasteiger partial charge in [0.05, 0.1) is 25.9 Å². The molecule has 24 heavy (non-hydrogen) atoms. The maximum atomic E-state index is 6.06. The molecule has 3 aliphatic heterocycles. The number of rotatable bonds is 6. The van der Waals surface area contributed by atoms with Crippen LogP contribution in [0.25, 0.3) is 0 Å². The van der Waals surface area contributed by atoms with Crippen LogP contribution in [0.1, 0.15) is 41.5 Å². The van der Waals surface area contributed by atoms with Gasteiger partial charge in [-0.1, -0.05) is 0 Å². The van der Waals surface area contributed by atoms with Crippen molar-refractivity contribution in [3.05, 3.63) is 0 Å². The van der Waals surface area contributed by atoms with E-state index in [1.165, 1.54) is 0 Å². The summed E-state index contributed by atoms with van der Waals surface area (Å²) in [5.74, 6) is -1.38. The molecule has 0 amide bonds. The summed E-state index contributed by atoms with van der Waals surface area (Å²) in [6.07, 6.45) is -1.32. The molecule has 7 heteroatoms. The molecule has 140 valence electrons. The van der Waals surface area contributed by atoms with Crippen molar-refractivity contribution in [2.45, 2.75) is 89.9 Å². The molecule has 0 bridgehead atoms. The summed E-state index contributed by atoms with van der Waals surface area (Å²) in [6.45, 7) is 13.0. The van der Waals surface area contributed by atoms with E-state index >= 15 is 0 Å². The molecule has 0 aromatic heterocycles. The van der Waals surface area contributed by atoms with Crippen molar-refractivity contribution in [2.75, 3.05) is 19.8 Å². The van der Waals surface area contributed by atoms with Crippen molar-refractivity contribution in [1.82, 2.24) is 0 Å². The molecule has 5 atom stereocenters. The Morgan fingerprint density at radius 2 is 1.46 bits per heavy atom. The minimum Gasteiger partial charge on any atom is -0.376 e. The van der Waals surface area contributed by atoms with Gasteiger partial charge >= 0.3 is 0 Å². The van der Waals surface area contributed by atoms with Crippen LogP contribution in [-0.4, -0.2) is 68.2 Å². The van der Waals surface area contributed by atoms with Gasteiger partial charge in [-0.15, -0.1) is 0 Å². The molecule has 0 aromatic carbocycles. The van der Waals surface area contributed by atoms with Crippen LogP contribution in [0.2, 0.25) is 0 Å². The summed E-state index contributed by atoms with van der Waals surface area (Å²) in [6, 6.07) is 0. The number of ether oxygens (including phenoxy) is 7. The van der Waals surface area contributed by atoms with Gasteiger partial charge in [0.15, 0.2) is 17.9 Å². The lowest BCUT2D eigenvalue weighted by molar-refractivity contribution is -0.243. The largest absolute Gasteiger partial charge is 0.376 e. The molecule has 3 heterocycles. The zero-order valence-electron chi connectivity index (χ0n) is 15.4. The second kappa shape index (κ2) is 6.79. The van der Waals surface area contributed by atoms with Crippen molar-refractivity contribution in [3.63, 3.8) is 0 Å². The van der Waals surface area contributed by atoms with Gasteiger partial charge in [0.1, 0.15) is 24.4 Å². The summed E-state index contributed by atoms with van der Waals surface area (Å²) in [4.78, 5) is 0. The van der Waals surface area contributed by atoms with Gasteiger partial charge in [0.2, 0.25) is 0 Å². The van der Waals surface area contributed by atoms with E-state index in [0.717, 1.165) is 0 Å². The van der Waals surface area contributed by atoms with E-state index in [2.05, 4.69) is 0 Å². The Hall–Kier alpha value is -0.280. The Bertz CT molecular complexity index is 437. The zero-order chi connectivity index (χ0) is 17.5. The first-order chi connectivity index (χ1) is 11.2. The molecular formula is C17H30O7. The van der Waals surface area contributed by atoms with E-state index < -0.39 is 17.9 Å². The lowest BCUT2D eigenvalue weighted by Gasteiger charge is -2.37. The van der Waals surface area contributed by atoms with Crippen LogP contribution in [-0.2, 0) is 33.2 Å². The van der Waals surface area contributed by atoms with Crippen molar-refractivity contribution in [2.24, 2.45) is 0 Å². The Balaban J connectivity index is 1.60. The lowest BCUT2D eigenvalue weighted by Crippen LogP contribution is -2.56. The highest BCUT2D eigenvalue weighted by atomic mass is 16.9. The fourth-order valence-electron chi connectivity index (χ4n) is 3.37. The van der Waals surface area contributed by atoms with Crippen molar-refractivity contribution in [3.8, 4) is 0 Å².